The van der Waals surface area contributed by atoms with Crippen molar-refractivity contribution in [2.75, 3.05) is 19.6 Å². The van der Waals surface area contributed by atoms with Gasteiger partial charge in [-0.3, -0.25) is 0 Å². The largest absolute Gasteiger partial charge is 0.388 e. The second kappa shape index (κ2) is 9.39. The number of fused-ring (bicyclic) bond motifs is 1. The molecule has 0 amide bonds. The molecule has 1 N–H and O–H groups in total. The van der Waals surface area contributed by atoms with Crippen LogP contribution in [-0.2, 0) is 6.42 Å². The lowest BCUT2D eigenvalue weighted by atomic mass is 9.88. The quantitative estimate of drug-likeness (QED) is 0.691. The van der Waals surface area contributed by atoms with Gasteiger partial charge in [-0.15, -0.1) is 12.4 Å². The van der Waals surface area contributed by atoms with Crippen LogP contribution in [0.4, 0.5) is 4.39 Å². The van der Waals surface area contributed by atoms with Gasteiger partial charge in [-0.2, -0.15) is 0 Å². The number of likely N-dealkylation sites (tertiary alicyclic amines) is 1. The first-order chi connectivity index (χ1) is 13.1. The van der Waals surface area contributed by atoms with E-state index < -0.39 is 0 Å². The number of aryl methyl sites for hydroxylation is 1. The third-order valence-electron chi connectivity index (χ3n) is 6.61. The second-order valence-electron chi connectivity index (χ2n) is 8.40. The number of rotatable bonds is 3. The van der Waals surface area contributed by atoms with Gasteiger partial charge in [-0.1, -0.05) is 36.4 Å². The van der Waals surface area contributed by atoms with Gasteiger partial charge in [0.25, 0.3) is 0 Å². The predicted octanol–water partition coefficient (Wildman–Crippen LogP) is 5.42. The molecule has 4 rings (SSSR count). The molecule has 0 unspecified atom stereocenters. The maximum Gasteiger partial charge on any atom is 0.126 e. The molecule has 2 nitrogen and oxygen atoms in total. The molecule has 1 aliphatic heterocycles. The third-order valence-corrected chi connectivity index (χ3v) is 6.61. The van der Waals surface area contributed by atoms with E-state index in [1.165, 1.54) is 11.1 Å². The highest BCUT2D eigenvalue weighted by Crippen LogP contribution is 2.35. The minimum atomic E-state index is -0.344. The van der Waals surface area contributed by atoms with Crippen molar-refractivity contribution in [1.29, 1.82) is 0 Å². The molecule has 1 saturated heterocycles. The SMILES string of the molecule is Cc1cccc2c1CC[C@@H](CN1CCC(c3ccccc3F)CC1)C[C@H]2O.Cl. The van der Waals surface area contributed by atoms with Crippen LogP contribution in [0.1, 0.15) is 60.0 Å². The average molecular weight is 404 g/mol. The third kappa shape index (κ3) is 4.59. The lowest BCUT2D eigenvalue weighted by Gasteiger charge is -2.34. The van der Waals surface area contributed by atoms with Crippen molar-refractivity contribution in [2.45, 2.75) is 51.0 Å². The van der Waals surface area contributed by atoms with Gasteiger partial charge >= 0.3 is 0 Å². The van der Waals surface area contributed by atoms with Crippen molar-refractivity contribution in [1.82, 2.24) is 4.90 Å². The van der Waals surface area contributed by atoms with Crippen LogP contribution in [0, 0.1) is 18.7 Å². The molecule has 2 aliphatic rings. The molecule has 1 fully saturated rings. The van der Waals surface area contributed by atoms with E-state index in [1.807, 2.05) is 12.1 Å². The standard InChI is InChI=1S/C24H30FNO.ClH/c1-17-5-4-7-22-20(17)10-9-18(15-24(22)27)16-26-13-11-19(12-14-26)21-6-2-3-8-23(21)25;/h2-8,18-19,24,27H,9-16H2,1H3;1H/t18-,24-;/m1./s1. The fraction of sp³-hybridized carbons (Fsp3) is 0.500. The summed E-state index contributed by atoms with van der Waals surface area (Å²) in [6.07, 6.45) is 4.76. The predicted molar refractivity (Wildman–Crippen MR) is 115 cm³/mol. The molecule has 2 aromatic carbocycles. The summed E-state index contributed by atoms with van der Waals surface area (Å²) in [6.45, 7) is 5.25. The Kier molecular flexibility index (Phi) is 7.14. The molecule has 0 spiro atoms. The number of nitrogens with zero attached hydrogens (tertiary/aromatic N) is 1. The minimum Gasteiger partial charge on any atom is -0.388 e. The van der Waals surface area contributed by atoms with Gasteiger partial charge in [0.05, 0.1) is 6.10 Å². The molecule has 1 heterocycles. The van der Waals surface area contributed by atoms with Gasteiger partial charge in [-0.05, 0) is 92.3 Å². The zero-order chi connectivity index (χ0) is 18.8. The second-order valence-corrected chi connectivity index (χ2v) is 8.40. The Bertz CT molecular complexity index is 788. The van der Waals surface area contributed by atoms with Gasteiger partial charge in [0.2, 0.25) is 0 Å². The Morgan fingerprint density at radius 3 is 2.46 bits per heavy atom. The Morgan fingerprint density at radius 2 is 1.71 bits per heavy atom. The molecule has 2 atom stereocenters. The van der Waals surface area contributed by atoms with Gasteiger partial charge in [0, 0.05) is 6.54 Å². The van der Waals surface area contributed by atoms with E-state index in [1.54, 1.807) is 12.1 Å². The zero-order valence-corrected chi connectivity index (χ0v) is 17.4. The molecule has 2 aromatic rings. The van der Waals surface area contributed by atoms with E-state index in [2.05, 4.69) is 30.0 Å². The fourth-order valence-electron chi connectivity index (χ4n) is 5.05. The molecule has 4 heteroatoms. The summed E-state index contributed by atoms with van der Waals surface area (Å²) < 4.78 is 14.1. The Labute approximate surface area is 174 Å². The highest BCUT2D eigenvalue weighted by atomic mass is 35.5. The molecular weight excluding hydrogens is 373 g/mol. The number of hydrogen-bond acceptors (Lipinski definition) is 2. The Balaban J connectivity index is 0.00000225. The first-order valence-corrected chi connectivity index (χ1v) is 10.3. The van der Waals surface area contributed by atoms with Crippen molar-refractivity contribution >= 4 is 12.4 Å². The monoisotopic (exact) mass is 403 g/mol. The molecule has 0 radical (unpaired) electrons. The average Bonchev–Trinajstić information content (AvgIpc) is 2.83. The molecule has 28 heavy (non-hydrogen) atoms. The summed E-state index contributed by atoms with van der Waals surface area (Å²) in [7, 11) is 0. The van der Waals surface area contributed by atoms with Crippen molar-refractivity contribution in [3.8, 4) is 0 Å². The molecule has 0 aromatic heterocycles. The number of halogens is 2. The summed E-state index contributed by atoms with van der Waals surface area (Å²) in [5.41, 5.74) is 4.67. The highest BCUT2D eigenvalue weighted by molar-refractivity contribution is 5.85. The van der Waals surface area contributed by atoms with Crippen molar-refractivity contribution in [3.05, 3.63) is 70.5 Å². The van der Waals surface area contributed by atoms with Crippen LogP contribution >= 0.6 is 12.4 Å². The number of hydrogen-bond donors (Lipinski definition) is 1. The maximum atomic E-state index is 14.1. The van der Waals surface area contributed by atoms with Crippen LogP contribution < -0.4 is 0 Å². The van der Waals surface area contributed by atoms with E-state index in [-0.39, 0.29) is 24.3 Å². The number of aliphatic hydroxyl groups excluding tert-OH is 1. The van der Waals surface area contributed by atoms with Crippen LogP contribution in [0.15, 0.2) is 42.5 Å². The fourth-order valence-corrected chi connectivity index (χ4v) is 5.05. The summed E-state index contributed by atoms with van der Waals surface area (Å²) >= 11 is 0. The van der Waals surface area contributed by atoms with E-state index in [0.29, 0.717) is 11.8 Å². The zero-order valence-electron chi connectivity index (χ0n) is 16.6. The van der Waals surface area contributed by atoms with E-state index in [9.17, 15) is 9.50 Å². The van der Waals surface area contributed by atoms with Gasteiger partial charge in [0.1, 0.15) is 5.82 Å². The molecule has 0 bridgehead atoms. The molecular formula is C24H31ClFNO. The van der Waals surface area contributed by atoms with Crippen LogP contribution in [0.3, 0.4) is 0 Å². The Morgan fingerprint density at radius 1 is 1.00 bits per heavy atom. The lowest BCUT2D eigenvalue weighted by Crippen LogP contribution is -2.37. The van der Waals surface area contributed by atoms with E-state index in [4.69, 9.17) is 0 Å². The minimum absolute atomic E-state index is 0. The summed E-state index contributed by atoms with van der Waals surface area (Å²) in [6, 6.07) is 13.5. The number of aliphatic hydroxyl groups is 1. The van der Waals surface area contributed by atoms with Gasteiger partial charge < -0.3 is 10.0 Å². The van der Waals surface area contributed by atoms with Crippen molar-refractivity contribution in [3.63, 3.8) is 0 Å². The smallest absolute Gasteiger partial charge is 0.126 e. The molecule has 0 saturated carbocycles. The van der Waals surface area contributed by atoms with E-state index >= 15 is 0 Å². The molecule has 1 aliphatic carbocycles. The summed E-state index contributed by atoms with van der Waals surface area (Å²) in [5, 5.41) is 10.7. The van der Waals surface area contributed by atoms with Crippen LogP contribution in [-0.4, -0.2) is 29.6 Å². The molecule has 152 valence electrons. The first kappa shape index (κ1) is 21.3. The van der Waals surface area contributed by atoms with Crippen LogP contribution in [0.2, 0.25) is 0 Å². The lowest BCUT2D eigenvalue weighted by molar-refractivity contribution is 0.117. The number of piperidine rings is 1. The topological polar surface area (TPSA) is 23.5 Å². The highest BCUT2D eigenvalue weighted by Gasteiger charge is 2.28. The first-order valence-electron chi connectivity index (χ1n) is 10.3. The van der Waals surface area contributed by atoms with Gasteiger partial charge in [0.15, 0.2) is 0 Å². The summed E-state index contributed by atoms with van der Waals surface area (Å²) in [5.74, 6) is 0.807. The summed E-state index contributed by atoms with van der Waals surface area (Å²) in [4.78, 5) is 2.53. The Hall–Kier alpha value is -1.42. The van der Waals surface area contributed by atoms with Gasteiger partial charge in [-0.25, -0.2) is 4.39 Å². The van der Waals surface area contributed by atoms with Crippen molar-refractivity contribution in [2.24, 2.45) is 5.92 Å². The van der Waals surface area contributed by atoms with Crippen molar-refractivity contribution < 1.29 is 9.50 Å². The van der Waals surface area contributed by atoms with E-state index in [0.717, 1.165) is 62.9 Å². The van der Waals surface area contributed by atoms with Crippen LogP contribution in [0.5, 0.6) is 0 Å². The maximum absolute atomic E-state index is 14.1. The van der Waals surface area contributed by atoms with Crippen LogP contribution in [0.25, 0.3) is 0 Å². The number of benzene rings is 2. The normalized spacial score (nSPS) is 23.5.